The van der Waals surface area contributed by atoms with E-state index < -0.39 is 0 Å². The Morgan fingerprint density at radius 1 is 1.50 bits per heavy atom. The molecule has 2 aliphatic heterocycles. The Morgan fingerprint density at radius 3 is 3.29 bits per heavy atom. The van der Waals surface area contributed by atoms with E-state index in [0.717, 1.165) is 19.6 Å². The van der Waals surface area contributed by atoms with Crippen molar-refractivity contribution in [1.29, 1.82) is 0 Å². The molecule has 3 rings (SSSR count). The van der Waals surface area contributed by atoms with Gasteiger partial charge in [0.2, 0.25) is 0 Å². The Bertz CT molecular complexity index is 363. The summed E-state index contributed by atoms with van der Waals surface area (Å²) in [4.78, 5) is 11.0. The van der Waals surface area contributed by atoms with E-state index in [-0.39, 0.29) is 0 Å². The van der Waals surface area contributed by atoms with Crippen LogP contribution in [-0.2, 0) is 0 Å². The van der Waals surface area contributed by atoms with Gasteiger partial charge in [-0.2, -0.15) is 0 Å². The average molecular weight is 205 g/mol. The summed E-state index contributed by atoms with van der Waals surface area (Å²) in [7, 11) is 0. The maximum Gasteiger partial charge on any atom is 0.160 e. The summed E-state index contributed by atoms with van der Waals surface area (Å²) in [5.41, 5.74) is 1.31. The van der Waals surface area contributed by atoms with Crippen LogP contribution in [0.3, 0.4) is 0 Å². The number of aliphatic imine (C=N–C) groups is 1. The van der Waals surface area contributed by atoms with Crippen molar-refractivity contribution >= 4 is 16.9 Å². The van der Waals surface area contributed by atoms with E-state index in [1.165, 1.54) is 10.7 Å². The van der Waals surface area contributed by atoms with E-state index in [0.29, 0.717) is 5.25 Å². The molecule has 3 heterocycles. The van der Waals surface area contributed by atoms with Gasteiger partial charge in [0, 0.05) is 25.5 Å². The summed E-state index contributed by atoms with van der Waals surface area (Å²) >= 11 is 1.87. The Hall–Kier alpha value is -1.03. The monoisotopic (exact) mass is 205 g/mol. The highest BCUT2D eigenvalue weighted by Crippen LogP contribution is 2.38. The molecule has 0 radical (unpaired) electrons. The van der Waals surface area contributed by atoms with Crippen LogP contribution in [0.5, 0.6) is 0 Å². The number of hydrogen-bond acceptors (Lipinski definition) is 4. The average Bonchev–Trinajstić information content (AvgIpc) is 2.78. The first kappa shape index (κ1) is 8.29. The van der Waals surface area contributed by atoms with Crippen molar-refractivity contribution in [2.45, 2.75) is 5.25 Å². The normalized spacial score (nSPS) is 25.0. The molecule has 4 heteroatoms. The lowest BCUT2D eigenvalue weighted by molar-refractivity contribution is 0.476. The van der Waals surface area contributed by atoms with Crippen LogP contribution in [0.15, 0.2) is 29.5 Å². The Balaban J connectivity index is 1.83. The first-order valence-electron chi connectivity index (χ1n) is 4.79. The van der Waals surface area contributed by atoms with Gasteiger partial charge in [-0.3, -0.25) is 9.98 Å². The van der Waals surface area contributed by atoms with Crippen LogP contribution < -0.4 is 0 Å². The molecule has 1 unspecified atom stereocenters. The maximum atomic E-state index is 4.46. The number of fused-ring (bicyclic) bond motifs is 1. The number of nitrogens with zero attached hydrogens (tertiary/aromatic N) is 3. The number of amidine groups is 1. The number of hydrogen-bond donors (Lipinski definition) is 0. The molecule has 0 bridgehead atoms. The first-order valence-corrected chi connectivity index (χ1v) is 5.67. The predicted molar refractivity (Wildman–Crippen MR) is 58.4 cm³/mol. The van der Waals surface area contributed by atoms with E-state index in [4.69, 9.17) is 0 Å². The van der Waals surface area contributed by atoms with Gasteiger partial charge in [0.25, 0.3) is 0 Å². The quantitative estimate of drug-likeness (QED) is 0.696. The molecule has 0 amide bonds. The lowest BCUT2D eigenvalue weighted by Gasteiger charge is -2.11. The van der Waals surface area contributed by atoms with Gasteiger partial charge in [0.1, 0.15) is 0 Å². The molecule has 1 fully saturated rings. The summed E-state index contributed by atoms with van der Waals surface area (Å²) in [6.45, 7) is 3.16. The number of aromatic nitrogens is 1. The summed E-state index contributed by atoms with van der Waals surface area (Å²) in [6.07, 6.45) is 3.78. The van der Waals surface area contributed by atoms with Crippen LogP contribution in [-0.4, -0.2) is 34.7 Å². The molecule has 3 nitrogen and oxygen atoms in total. The Kier molecular flexibility index (Phi) is 1.94. The van der Waals surface area contributed by atoms with Crippen LogP contribution in [0.1, 0.15) is 10.8 Å². The highest BCUT2D eigenvalue weighted by Gasteiger charge is 2.31. The molecular weight excluding hydrogens is 194 g/mol. The molecule has 0 N–H and O–H groups in total. The highest BCUT2D eigenvalue weighted by molar-refractivity contribution is 8.14. The zero-order valence-electron chi connectivity index (χ0n) is 7.76. The van der Waals surface area contributed by atoms with E-state index >= 15 is 0 Å². The Labute approximate surface area is 87.2 Å². The fourth-order valence-electron chi connectivity index (χ4n) is 1.85. The SMILES string of the molecule is c1cncc(C2CN3CCN=C3S2)c1. The van der Waals surface area contributed by atoms with Gasteiger partial charge in [-0.25, -0.2) is 0 Å². The van der Waals surface area contributed by atoms with Crippen LogP contribution >= 0.6 is 11.8 Å². The molecule has 1 saturated heterocycles. The first-order chi connectivity index (χ1) is 6.93. The van der Waals surface area contributed by atoms with Crippen molar-refractivity contribution in [3.63, 3.8) is 0 Å². The largest absolute Gasteiger partial charge is 0.348 e. The zero-order valence-corrected chi connectivity index (χ0v) is 8.57. The number of rotatable bonds is 1. The summed E-state index contributed by atoms with van der Waals surface area (Å²) in [6, 6.07) is 4.15. The van der Waals surface area contributed by atoms with Gasteiger partial charge in [0.15, 0.2) is 5.17 Å². The lowest BCUT2D eigenvalue weighted by Crippen LogP contribution is -2.21. The van der Waals surface area contributed by atoms with Gasteiger partial charge in [-0.15, -0.1) is 0 Å². The lowest BCUT2D eigenvalue weighted by atomic mass is 10.2. The van der Waals surface area contributed by atoms with Crippen molar-refractivity contribution in [3.8, 4) is 0 Å². The molecule has 2 aliphatic rings. The minimum Gasteiger partial charge on any atom is -0.348 e. The molecule has 14 heavy (non-hydrogen) atoms. The van der Waals surface area contributed by atoms with E-state index in [9.17, 15) is 0 Å². The second kappa shape index (κ2) is 3.28. The smallest absolute Gasteiger partial charge is 0.160 e. The molecule has 72 valence electrons. The highest BCUT2D eigenvalue weighted by atomic mass is 32.2. The van der Waals surface area contributed by atoms with Crippen molar-refractivity contribution in [2.24, 2.45) is 4.99 Å². The zero-order chi connectivity index (χ0) is 9.38. The van der Waals surface area contributed by atoms with Crippen LogP contribution in [0.2, 0.25) is 0 Å². The fourth-order valence-corrected chi connectivity index (χ4v) is 3.11. The van der Waals surface area contributed by atoms with Crippen molar-refractivity contribution in [3.05, 3.63) is 30.1 Å². The van der Waals surface area contributed by atoms with Crippen LogP contribution in [0.4, 0.5) is 0 Å². The fraction of sp³-hybridized carbons (Fsp3) is 0.400. The maximum absolute atomic E-state index is 4.46. The van der Waals surface area contributed by atoms with Crippen molar-refractivity contribution < 1.29 is 0 Å². The van der Waals surface area contributed by atoms with Gasteiger partial charge >= 0.3 is 0 Å². The molecule has 0 aliphatic carbocycles. The molecule has 1 atom stereocenters. The van der Waals surface area contributed by atoms with Gasteiger partial charge in [-0.05, 0) is 11.6 Å². The van der Waals surface area contributed by atoms with E-state index in [1.54, 1.807) is 0 Å². The van der Waals surface area contributed by atoms with E-state index in [1.807, 2.05) is 30.2 Å². The van der Waals surface area contributed by atoms with Crippen LogP contribution in [0.25, 0.3) is 0 Å². The Morgan fingerprint density at radius 2 is 2.50 bits per heavy atom. The third kappa shape index (κ3) is 1.30. The molecule has 0 saturated carbocycles. The van der Waals surface area contributed by atoms with Gasteiger partial charge in [-0.1, -0.05) is 17.8 Å². The van der Waals surface area contributed by atoms with Crippen LogP contribution in [0, 0.1) is 0 Å². The topological polar surface area (TPSA) is 28.5 Å². The van der Waals surface area contributed by atoms with E-state index in [2.05, 4.69) is 20.9 Å². The molecule has 0 aromatic carbocycles. The third-order valence-electron chi connectivity index (χ3n) is 2.58. The summed E-state index contributed by atoms with van der Waals surface area (Å²) < 4.78 is 0. The minimum absolute atomic E-state index is 0.530. The number of thioether (sulfide) groups is 1. The minimum atomic E-state index is 0.530. The van der Waals surface area contributed by atoms with Gasteiger partial charge in [0.05, 0.1) is 11.8 Å². The van der Waals surface area contributed by atoms with Crippen molar-refractivity contribution in [1.82, 2.24) is 9.88 Å². The predicted octanol–water partition coefficient (Wildman–Crippen LogP) is 1.54. The molecule has 0 spiro atoms. The number of pyridine rings is 1. The summed E-state index contributed by atoms with van der Waals surface area (Å²) in [5.74, 6) is 0. The molecule has 1 aromatic rings. The standard InChI is InChI=1S/C10H11N3S/c1-2-8(6-11-3-1)9-7-13-5-4-12-10(13)14-9/h1-3,6,9H,4-5,7H2. The van der Waals surface area contributed by atoms with Gasteiger partial charge < -0.3 is 4.90 Å². The second-order valence-electron chi connectivity index (χ2n) is 3.50. The third-order valence-corrected chi connectivity index (χ3v) is 3.88. The van der Waals surface area contributed by atoms with Crippen molar-refractivity contribution in [2.75, 3.05) is 19.6 Å². The second-order valence-corrected chi connectivity index (χ2v) is 4.67. The summed E-state index contributed by atoms with van der Waals surface area (Å²) in [5, 5.41) is 1.75. The molecule has 1 aromatic heterocycles. The molecular formula is C10H11N3S.